The van der Waals surface area contributed by atoms with Crippen molar-refractivity contribution in [2.75, 3.05) is 0 Å². The van der Waals surface area contributed by atoms with E-state index in [1.54, 1.807) is 12.3 Å². The van der Waals surface area contributed by atoms with E-state index in [-0.39, 0.29) is 23.0 Å². The van der Waals surface area contributed by atoms with Gasteiger partial charge in [-0.25, -0.2) is 18.7 Å². The summed E-state index contributed by atoms with van der Waals surface area (Å²) in [5.74, 6) is -2.20. The normalized spacial score (nSPS) is 11.5. The number of nitrogens with one attached hydrogen (secondary N) is 2. The van der Waals surface area contributed by atoms with Crippen LogP contribution < -0.4 is 5.56 Å². The van der Waals surface area contributed by atoms with Gasteiger partial charge in [0.05, 0.1) is 17.6 Å². The molecule has 0 aliphatic heterocycles. The van der Waals surface area contributed by atoms with Gasteiger partial charge in [0.25, 0.3) is 5.56 Å². The Morgan fingerprint density at radius 2 is 1.97 bits per heavy atom. The molecule has 0 aliphatic carbocycles. The first kappa shape index (κ1) is 18.9. The van der Waals surface area contributed by atoms with E-state index >= 15 is 0 Å². The highest BCUT2D eigenvalue weighted by Gasteiger charge is 2.22. The first-order valence-corrected chi connectivity index (χ1v) is 9.43. The molecule has 31 heavy (non-hydrogen) atoms. The van der Waals surface area contributed by atoms with Crippen molar-refractivity contribution in [3.05, 3.63) is 93.4 Å². The molecule has 0 spiro atoms. The Balaban J connectivity index is 1.54. The number of rotatable bonds is 4. The monoisotopic (exact) mass is 419 g/mol. The van der Waals surface area contributed by atoms with Crippen molar-refractivity contribution in [3.8, 4) is 0 Å². The van der Waals surface area contributed by atoms with Gasteiger partial charge in [0.2, 0.25) is 5.78 Å². The zero-order valence-electron chi connectivity index (χ0n) is 16.2. The molecule has 0 aliphatic rings. The predicted molar refractivity (Wildman–Crippen MR) is 110 cm³/mol. The first-order valence-electron chi connectivity index (χ1n) is 9.43. The average Bonchev–Trinajstić information content (AvgIpc) is 3.33. The van der Waals surface area contributed by atoms with E-state index in [9.17, 15) is 18.4 Å². The van der Waals surface area contributed by atoms with Crippen molar-refractivity contribution in [2.24, 2.45) is 0 Å². The highest BCUT2D eigenvalue weighted by molar-refractivity contribution is 6.16. The zero-order chi connectivity index (χ0) is 21.7. The van der Waals surface area contributed by atoms with Gasteiger partial charge in [-0.2, -0.15) is 0 Å². The molecule has 0 atom stereocenters. The van der Waals surface area contributed by atoms with Crippen LogP contribution in [0.15, 0.2) is 53.7 Å². The number of aromatic nitrogens is 5. The third kappa shape index (κ3) is 3.10. The van der Waals surface area contributed by atoms with Gasteiger partial charge in [0, 0.05) is 29.5 Å². The molecule has 1 aromatic carbocycles. The molecule has 4 heterocycles. The van der Waals surface area contributed by atoms with Crippen LogP contribution in [0, 0.1) is 18.6 Å². The molecule has 0 saturated heterocycles. The summed E-state index contributed by atoms with van der Waals surface area (Å²) in [5, 5.41) is 0.288. The standard InChI is InChI=1S/C22H15F2N5O2/c1-11-7-16-21(26-8-11)28-17(27-16)10-29-6-5-12-13(9-25-19(12)22(29)31)20(30)18-14(23)3-2-4-15(18)24/h2-9,25H,10H2,1H3,(H,26,27,28). The number of carbonyl (C=O) groups excluding carboxylic acids is 1. The lowest BCUT2D eigenvalue weighted by atomic mass is 10.0. The maximum absolute atomic E-state index is 14.0. The highest BCUT2D eigenvalue weighted by Crippen LogP contribution is 2.22. The second-order valence-electron chi connectivity index (χ2n) is 7.23. The fourth-order valence-electron chi connectivity index (χ4n) is 3.61. The third-order valence-corrected chi connectivity index (χ3v) is 5.09. The minimum atomic E-state index is -0.957. The number of aryl methyl sites for hydroxylation is 1. The van der Waals surface area contributed by atoms with Crippen LogP contribution in [0.5, 0.6) is 0 Å². The molecule has 5 rings (SSSR count). The van der Waals surface area contributed by atoms with Crippen molar-refractivity contribution < 1.29 is 13.6 Å². The van der Waals surface area contributed by atoms with Crippen molar-refractivity contribution in [2.45, 2.75) is 13.5 Å². The van der Waals surface area contributed by atoms with Crippen LogP contribution in [0.3, 0.4) is 0 Å². The van der Waals surface area contributed by atoms with Crippen molar-refractivity contribution in [1.29, 1.82) is 0 Å². The summed E-state index contributed by atoms with van der Waals surface area (Å²) in [6, 6.07) is 6.69. The number of pyridine rings is 2. The molecule has 0 bridgehead atoms. The maximum atomic E-state index is 14.0. The molecular weight excluding hydrogens is 404 g/mol. The summed E-state index contributed by atoms with van der Waals surface area (Å²) in [4.78, 5) is 40.2. The summed E-state index contributed by atoms with van der Waals surface area (Å²) >= 11 is 0. The van der Waals surface area contributed by atoms with Gasteiger partial charge in [-0.05, 0) is 36.8 Å². The average molecular weight is 419 g/mol. The Labute approximate surface area is 173 Å². The largest absolute Gasteiger partial charge is 0.356 e. The highest BCUT2D eigenvalue weighted by atomic mass is 19.1. The lowest BCUT2D eigenvalue weighted by Gasteiger charge is -2.05. The Kier molecular flexibility index (Phi) is 4.25. The molecule has 0 saturated carbocycles. The van der Waals surface area contributed by atoms with E-state index in [1.807, 2.05) is 13.0 Å². The van der Waals surface area contributed by atoms with Gasteiger partial charge in [-0.3, -0.25) is 9.59 Å². The molecule has 5 aromatic rings. The Bertz CT molecular complexity index is 1530. The molecule has 7 nitrogen and oxygen atoms in total. The number of benzene rings is 1. The zero-order valence-corrected chi connectivity index (χ0v) is 16.2. The fraction of sp³-hybridized carbons (Fsp3) is 0.0909. The number of fused-ring (bicyclic) bond motifs is 2. The minimum absolute atomic E-state index is 0.0201. The summed E-state index contributed by atoms with van der Waals surface area (Å²) in [5.41, 5.74) is 1.43. The molecule has 154 valence electrons. The van der Waals surface area contributed by atoms with E-state index in [4.69, 9.17) is 0 Å². The topological polar surface area (TPSA) is 96.4 Å². The molecule has 0 fully saturated rings. The molecule has 0 unspecified atom stereocenters. The van der Waals surface area contributed by atoms with Crippen LogP contribution in [-0.4, -0.2) is 30.3 Å². The summed E-state index contributed by atoms with van der Waals surface area (Å²) in [7, 11) is 0. The van der Waals surface area contributed by atoms with Gasteiger partial charge in [0.1, 0.15) is 23.0 Å². The van der Waals surface area contributed by atoms with Gasteiger partial charge >= 0.3 is 0 Å². The number of imidazole rings is 1. The fourth-order valence-corrected chi connectivity index (χ4v) is 3.61. The summed E-state index contributed by atoms with van der Waals surface area (Å²) < 4.78 is 29.5. The number of halogens is 2. The molecule has 9 heteroatoms. The van der Waals surface area contributed by atoms with E-state index in [2.05, 4.69) is 19.9 Å². The number of nitrogens with zero attached hydrogens (tertiary/aromatic N) is 3. The van der Waals surface area contributed by atoms with Crippen molar-refractivity contribution >= 4 is 27.9 Å². The van der Waals surface area contributed by atoms with Crippen molar-refractivity contribution in [3.63, 3.8) is 0 Å². The van der Waals surface area contributed by atoms with Crippen LogP contribution >= 0.6 is 0 Å². The van der Waals surface area contributed by atoms with Crippen molar-refractivity contribution in [1.82, 2.24) is 24.5 Å². The lowest BCUT2D eigenvalue weighted by molar-refractivity contribution is 0.103. The third-order valence-electron chi connectivity index (χ3n) is 5.09. The van der Waals surface area contributed by atoms with Gasteiger partial charge in [-0.1, -0.05) is 6.07 Å². The second kappa shape index (κ2) is 6.98. The van der Waals surface area contributed by atoms with Gasteiger partial charge < -0.3 is 14.5 Å². The molecule has 2 N–H and O–H groups in total. The first-order chi connectivity index (χ1) is 14.9. The second-order valence-corrected chi connectivity index (χ2v) is 7.23. The van der Waals surface area contributed by atoms with Gasteiger partial charge in [-0.15, -0.1) is 0 Å². The number of H-pyrrole nitrogens is 2. The van der Waals surface area contributed by atoms with E-state index in [1.165, 1.54) is 23.0 Å². The SMILES string of the molecule is Cc1cnc2nc(Cn3ccc4c(C(=O)c5c(F)cccc5F)c[nH]c4c3=O)[nH]c2c1. The molecule has 0 radical (unpaired) electrons. The van der Waals surface area contributed by atoms with Gasteiger partial charge in [0.15, 0.2) is 5.65 Å². The maximum Gasteiger partial charge on any atom is 0.275 e. The number of hydrogen-bond acceptors (Lipinski definition) is 4. The summed E-state index contributed by atoms with van der Waals surface area (Å²) in [6.45, 7) is 2.08. The number of carbonyl (C=O) groups is 1. The number of ketones is 1. The summed E-state index contributed by atoms with van der Waals surface area (Å²) in [6.07, 6.45) is 4.51. The van der Waals surface area contributed by atoms with Crippen LogP contribution in [0.2, 0.25) is 0 Å². The van der Waals surface area contributed by atoms with Crippen LogP contribution in [0.4, 0.5) is 8.78 Å². The number of aromatic amines is 2. The Morgan fingerprint density at radius 3 is 2.74 bits per heavy atom. The Hall–Kier alpha value is -4.14. The van der Waals surface area contributed by atoms with Crippen LogP contribution in [0.1, 0.15) is 27.3 Å². The molecule has 0 amide bonds. The van der Waals surface area contributed by atoms with E-state index < -0.39 is 28.5 Å². The smallest absolute Gasteiger partial charge is 0.275 e. The predicted octanol–water partition coefficient (Wildman–Crippen LogP) is 3.47. The van der Waals surface area contributed by atoms with Crippen LogP contribution in [-0.2, 0) is 6.54 Å². The minimum Gasteiger partial charge on any atom is -0.356 e. The van der Waals surface area contributed by atoms with E-state index in [0.717, 1.165) is 23.2 Å². The van der Waals surface area contributed by atoms with Crippen LogP contribution in [0.25, 0.3) is 22.1 Å². The molecular formula is C22H15F2N5O2. The van der Waals surface area contributed by atoms with E-state index in [0.29, 0.717) is 11.5 Å². The quantitative estimate of drug-likeness (QED) is 0.436. The molecule has 4 aromatic heterocycles. The number of hydrogen-bond donors (Lipinski definition) is 2. The Morgan fingerprint density at radius 1 is 1.19 bits per heavy atom. The lowest BCUT2D eigenvalue weighted by Crippen LogP contribution is -2.20.